The van der Waals surface area contributed by atoms with E-state index in [-0.39, 0.29) is 18.2 Å². The SMILES string of the molecule is CCNCc1ccc(C#Cc2c(C)ncnc2Nc2ccc(OCc3cccc(F)c3)c(Cl)c2)cc1F. The van der Waals surface area contributed by atoms with E-state index >= 15 is 0 Å². The molecule has 0 atom stereocenters. The molecule has 0 bridgehead atoms. The summed E-state index contributed by atoms with van der Waals surface area (Å²) in [7, 11) is 0. The number of hydrogen-bond acceptors (Lipinski definition) is 5. The van der Waals surface area contributed by atoms with E-state index in [9.17, 15) is 8.78 Å². The standard InChI is InChI=1S/C29H25ClF2N4O/c1-3-33-16-22-9-7-20(14-27(22)32)8-11-25-19(2)34-18-35-29(25)36-24-10-12-28(26(30)15-24)37-17-21-5-4-6-23(31)13-21/h4-7,9-10,12-15,18,33H,3,16-17H2,1-2H3,(H,34,35,36). The highest BCUT2D eigenvalue weighted by Gasteiger charge is 2.10. The van der Waals surface area contributed by atoms with Crippen molar-refractivity contribution in [1.29, 1.82) is 0 Å². The Bertz CT molecular complexity index is 1470. The van der Waals surface area contributed by atoms with Gasteiger partial charge in [-0.15, -0.1) is 0 Å². The first-order valence-electron chi connectivity index (χ1n) is 11.7. The van der Waals surface area contributed by atoms with Crippen LogP contribution >= 0.6 is 11.6 Å². The van der Waals surface area contributed by atoms with Crippen LogP contribution in [0.5, 0.6) is 5.75 Å². The zero-order valence-corrected chi connectivity index (χ0v) is 21.2. The van der Waals surface area contributed by atoms with Crippen LogP contribution < -0.4 is 15.4 Å². The monoisotopic (exact) mass is 518 g/mol. The van der Waals surface area contributed by atoms with Crippen LogP contribution in [0.15, 0.2) is 67.0 Å². The van der Waals surface area contributed by atoms with Crippen LogP contribution in [0.2, 0.25) is 5.02 Å². The molecule has 0 saturated heterocycles. The lowest BCUT2D eigenvalue weighted by atomic mass is 10.1. The Morgan fingerprint density at radius 3 is 2.62 bits per heavy atom. The lowest BCUT2D eigenvalue weighted by Gasteiger charge is -2.12. The van der Waals surface area contributed by atoms with E-state index < -0.39 is 0 Å². The quantitative estimate of drug-likeness (QED) is 0.259. The molecule has 0 spiro atoms. The van der Waals surface area contributed by atoms with Gasteiger partial charge in [0.25, 0.3) is 0 Å². The fourth-order valence-corrected chi connectivity index (χ4v) is 3.74. The summed E-state index contributed by atoms with van der Waals surface area (Å²) in [6.45, 7) is 5.21. The Morgan fingerprint density at radius 2 is 1.86 bits per heavy atom. The lowest BCUT2D eigenvalue weighted by molar-refractivity contribution is 0.306. The number of rotatable bonds is 8. The summed E-state index contributed by atoms with van der Waals surface area (Å²) >= 11 is 6.42. The molecule has 1 aromatic heterocycles. The zero-order chi connectivity index (χ0) is 26.2. The number of ether oxygens (including phenoxy) is 1. The first kappa shape index (κ1) is 26.1. The predicted molar refractivity (Wildman–Crippen MR) is 142 cm³/mol. The fraction of sp³-hybridized carbons (Fsp3) is 0.172. The van der Waals surface area contributed by atoms with E-state index in [1.165, 1.54) is 24.5 Å². The minimum atomic E-state index is -0.322. The molecule has 0 radical (unpaired) electrons. The first-order valence-corrected chi connectivity index (χ1v) is 12.1. The van der Waals surface area contributed by atoms with Crippen LogP contribution in [0.1, 0.15) is 34.9 Å². The maximum absolute atomic E-state index is 14.4. The van der Waals surface area contributed by atoms with Crippen molar-refractivity contribution in [2.45, 2.75) is 27.0 Å². The Kier molecular flexibility index (Phi) is 8.68. The zero-order valence-electron chi connectivity index (χ0n) is 20.4. The minimum Gasteiger partial charge on any atom is -0.487 e. The molecule has 0 fully saturated rings. The molecule has 2 N–H and O–H groups in total. The molecule has 0 amide bonds. The number of halogens is 3. The van der Waals surface area contributed by atoms with Crippen LogP contribution in [-0.2, 0) is 13.2 Å². The summed E-state index contributed by atoms with van der Waals surface area (Å²) in [6, 6.07) is 16.4. The smallest absolute Gasteiger partial charge is 0.149 e. The molecule has 0 unspecified atom stereocenters. The van der Waals surface area contributed by atoms with Crippen LogP contribution in [-0.4, -0.2) is 16.5 Å². The second kappa shape index (κ2) is 12.3. The highest BCUT2D eigenvalue weighted by atomic mass is 35.5. The Morgan fingerprint density at radius 1 is 1.00 bits per heavy atom. The van der Waals surface area contributed by atoms with Gasteiger partial charge in [0.1, 0.15) is 36.1 Å². The second-order valence-electron chi connectivity index (χ2n) is 8.21. The van der Waals surface area contributed by atoms with Crippen molar-refractivity contribution in [2.75, 3.05) is 11.9 Å². The molecule has 4 aromatic rings. The summed E-state index contributed by atoms with van der Waals surface area (Å²) in [6.07, 6.45) is 1.44. The fourth-order valence-electron chi connectivity index (χ4n) is 3.50. The van der Waals surface area contributed by atoms with Gasteiger partial charge in [-0.05, 0) is 61.5 Å². The molecule has 4 rings (SSSR count). The van der Waals surface area contributed by atoms with Gasteiger partial charge in [0.15, 0.2) is 0 Å². The maximum atomic E-state index is 14.4. The second-order valence-corrected chi connectivity index (χ2v) is 8.62. The Labute approximate surface area is 219 Å². The van der Waals surface area contributed by atoms with E-state index in [1.807, 2.05) is 13.8 Å². The average Bonchev–Trinajstić information content (AvgIpc) is 2.87. The number of nitrogens with zero attached hydrogens (tertiary/aromatic N) is 2. The van der Waals surface area contributed by atoms with Gasteiger partial charge in [-0.3, -0.25) is 0 Å². The number of anilines is 2. The van der Waals surface area contributed by atoms with Gasteiger partial charge in [-0.2, -0.15) is 0 Å². The average molecular weight is 519 g/mol. The van der Waals surface area contributed by atoms with E-state index in [0.717, 1.165) is 6.54 Å². The highest BCUT2D eigenvalue weighted by Crippen LogP contribution is 2.30. The molecular formula is C29H25ClF2N4O. The third-order valence-corrected chi connectivity index (χ3v) is 5.76. The third-order valence-electron chi connectivity index (χ3n) is 5.47. The first-order chi connectivity index (χ1) is 17.9. The van der Waals surface area contributed by atoms with E-state index in [1.54, 1.807) is 42.5 Å². The molecule has 1 heterocycles. The van der Waals surface area contributed by atoms with Gasteiger partial charge < -0.3 is 15.4 Å². The van der Waals surface area contributed by atoms with Gasteiger partial charge in [0.05, 0.1) is 16.3 Å². The number of hydrogen-bond donors (Lipinski definition) is 2. The van der Waals surface area contributed by atoms with Crippen molar-refractivity contribution in [2.24, 2.45) is 0 Å². The van der Waals surface area contributed by atoms with Crippen molar-refractivity contribution in [3.8, 4) is 17.6 Å². The van der Waals surface area contributed by atoms with Crippen molar-refractivity contribution in [3.63, 3.8) is 0 Å². The maximum Gasteiger partial charge on any atom is 0.149 e. The van der Waals surface area contributed by atoms with Crippen LogP contribution in [0.4, 0.5) is 20.3 Å². The predicted octanol–water partition coefficient (Wildman–Crippen LogP) is 6.55. The van der Waals surface area contributed by atoms with Gasteiger partial charge in [-0.1, -0.05) is 48.6 Å². The van der Waals surface area contributed by atoms with Crippen molar-refractivity contribution < 1.29 is 13.5 Å². The molecular weight excluding hydrogens is 494 g/mol. The molecule has 37 heavy (non-hydrogen) atoms. The van der Waals surface area contributed by atoms with Crippen LogP contribution in [0.3, 0.4) is 0 Å². The van der Waals surface area contributed by atoms with Crippen molar-refractivity contribution in [1.82, 2.24) is 15.3 Å². The number of aromatic nitrogens is 2. The topological polar surface area (TPSA) is 59.1 Å². The van der Waals surface area contributed by atoms with Gasteiger partial charge >= 0.3 is 0 Å². The highest BCUT2D eigenvalue weighted by molar-refractivity contribution is 6.32. The van der Waals surface area contributed by atoms with Crippen molar-refractivity contribution in [3.05, 3.63) is 112 Å². The molecule has 0 aliphatic heterocycles. The van der Waals surface area contributed by atoms with E-state index in [4.69, 9.17) is 16.3 Å². The normalized spacial score (nSPS) is 10.5. The summed E-state index contributed by atoms with van der Waals surface area (Å²) in [5.41, 5.74) is 3.77. The van der Waals surface area contributed by atoms with Crippen molar-refractivity contribution >= 4 is 23.1 Å². The minimum absolute atomic E-state index is 0.186. The molecule has 0 aliphatic rings. The van der Waals surface area contributed by atoms with Gasteiger partial charge in [0.2, 0.25) is 0 Å². The van der Waals surface area contributed by atoms with Crippen LogP contribution in [0, 0.1) is 30.4 Å². The lowest BCUT2D eigenvalue weighted by Crippen LogP contribution is -2.12. The summed E-state index contributed by atoms with van der Waals surface area (Å²) in [4.78, 5) is 8.57. The summed E-state index contributed by atoms with van der Waals surface area (Å²) in [5.74, 6) is 6.41. The largest absolute Gasteiger partial charge is 0.487 e. The molecule has 188 valence electrons. The number of benzene rings is 3. The molecule has 5 nitrogen and oxygen atoms in total. The molecule has 3 aromatic carbocycles. The Hall–Kier alpha value is -3.99. The molecule has 0 aliphatic carbocycles. The van der Waals surface area contributed by atoms with E-state index in [0.29, 0.717) is 56.8 Å². The van der Waals surface area contributed by atoms with Crippen LogP contribution in [0.25, 0.3) is 0 Å². The number of aryl methyl sites for hydroxylation is 1. The third kappa shape index (κ3) is 7.04. The summed E-state index contributed by atoms with van der Waals surface area (Å²) < 4.78 is 33.5. The summed E-state index contributed by atoms with van der Waals surface area (Å²) in [5, 5.41) is 6.71. The molecule has 8 heteroatoms. The number of nitrogens with one attached hydrogen (secondary N) is 2. The Balaban J connectivity index is 1.50. The van der Waals surface area contributed by atoms with E-state index in [2.05, 4.69) is 32.4 Å². The van der Waals surface area contributed by atoms with Gasteiger partial charge in [-0.25, -0.2) is 18.7 Å². The molecule has 0 saturated carbocycles. The van der Waals surface area contributed by atoms with Gasteiger partial charge in [0, 0.05) is 23.4 Å².